The molecule has 3 rings (SSSR count). The van der Waals surface area contributed by atoms with Crippen LogP contribution in [0.3, 0.4) is 0 Å². The Labute approximate surface area is 197 Å². The molecular formula is C27H36N2O2S. The smallest absolute Gasteiger partial charge is 0.242 e. The van der Waals surface area contributed by atoms with Gasteiger partial charge in [-0.15, -0.1) is 11.8 Å². The summed E-state index contributed by atoms with van der Waals surface area (Å²) < 4.78 is 0. The fourth-order valence-electron chi connectivity index (χ4n) is 4.44. The quantitative estimate of drug-likeness (QED) is 0.560. The van der Waals surface area contributed by atoms with E-state index in [4.69, 9.17) is 0 Å². The van der Waals surface area contributed by atoms with Crippen molar-refractivity contribution in [3.63, 3.8) is 0 Å². The van der Waals surface area contributed by atoms with Crippen LogP contribution in [0, 0.1) is 20.8 Å². The molecule has 0 heterocycles. The van der Waals surface area contributed by atoms with Gasteiger partial charge in [0.15, 0.2) is 0 Å². The fourth-order valence-corrected chi connectivity index (χ4v) is 5.28. The van der Waals surface area contributed by atoms with Crippen LogP contribution >= 0.6 is 11.8 Å². The second-order valence-corrected chi connectivity index (χ2v) is 10.1. The van der Waals surface area contributed by atoms with Gasteiger partial charge in [0.25, 0.3) is 0 Å². The average Bonchev–Trinajstić information content (AvgIpc) is 3.25. The second kappa shape index (κ2) is 11.6. The summed E-state index contributed by atoms with van der Waals surface area (Å²) in [4.78, 5) is 28.0. The molecule has 0 unspecified atom stereocenters. The van der Waals surface area contributed by atoms with Crippen molar-refractivity contribution in [2.45, 2.75) is 77.8 Å². The highest BCUT2D eigenvalue weighted by Gasteiger charge is 2.28. The van der Waals surface area contributed by atoms with E-state index < -0.39 is 6.04 Å². The average molecular weight is 453 g/mol. The minimum absolute atomic E-state index is 0.0108. The fraction of sp³-hybridized carbons (Fsp3) is 0.481. The molecule has 5 heteroatoms. The van der Waals surface area contributed by atoms with Crippen LogP contribution in [0.2, 0.25) is 0 Å². The largest absolute Gasteiger partial charge is 0.352 e. The Balaban J connectivity index is 1.67. The molecule has 1 aliphatic carbocycles. The normalized spacial score (nSPS) is 14.9. The van der Waals surface area contributed by atoms with Gasteiger partial charge >= 0.3 is 0 Å². The molecular weight excluding hydrogens is 416 g/mol. The van der Waals surface area contributed by atoms with Gasteiger partial charge in [-0.1, -0.05) is 66.4 Å². The van der Waals surface area contributed by atoms with E-state index in [1.165, 1.54) is 29.5 Å². The van der Waals surface area contributed by atoms with Gasteiger partial charge in [0, 0.05) is 18.3 Å². The predicted octanol–water partition coefficient (Wildman–Crippen LogP) is 5.32. The number of nitrogens with zero attached hydrogens (tertiary/aromatic N) is 1. The maximum atomic E-state index is 13.3. The number of hydrogen-bond acceptors (Lipinski definition) is 3. The highest BCUT2D eigenvalue weighted by atomic mass is 32.2. The Kier molecular flexibility index (Phi) is 8.80. The number of hydrogen-bond donors (Lipinski definition) is 1. The van der Waals surface area contributed by atoms with Crippen molar-refractivity contribution in [3.05, 3.63) is 70.3 Å². The molecule has 0 radical (unpaired) electrons. The molecule has 1 atom stereocenters. The first kappa shape index (κ1) is 24.4. The minimum Gasteiger partial charge on any atom is -0.352 e. The van der Waals surface area contributed by atoms with Crippen molar-refractivity contribution in [2.24, 2.45) is 0 Å². The van der Waals surface area contributed by atoms with Gasteiger partial charge in [0.2, 0.25) is 11.8 Å². The number of aryl methyl sites for hydroxylation is 3. The van der Waals surface area contributed by atoms with E-state index in [9.17, 15) is 9.59 Å². The van der Waals surface area contributed by atoms with E-state index in [0.29, 0.717) is 12.3 Å². The first-order chi connectivity index (χ1) is 15.3. The van der Waals surface area contributed by atoms with Crippen molar-refractivity contribution in [3.8, 4) is 0 Å². The number of nitrogens with one attached hydrogen (secondary N) is 1. The summed E-state index contributed by atoms with van der Waals surface area (Å²) in [6.07, 6.45) is 4.41. The third kappa shape index (κ3) is 6.86. The van der Waals surface area contributed by atoms with Crippen LogP contribution in [0.25, 0.3) is 0 Å². The van der Waals surface area contributed by atoms with E-state index in [1.54, 1.807) is 16.7 Å². The van der Waals surface area contributed by atoms with E-state index >= 15 is 0 Å². The molecule has 2 aromatic rings. The van der Waals surface area contributed by atoms with E-state index in [0.717, 1.165) is 29.7 Å². The molecule has 0 aromatic heterocycles. The summed E-state index contributed by atoms with van der Waals surface area (Å²) in [6, 6.07) is 14.3. The lowest BCUT2D eigenvalue weighted by Gasteiger charge is -2.30. The van der Waals surface area contributed by atoms with Gasteiger partial charge in [-0.3, -0.25) is 9.59 Å². The monoisotopic (exact) mass is 452 g/mol. The van der Waals surface area contributed by atoms with Gasteiger partial charge in [-0.2, -0.15) is 0 Å². The summed E-state index contributed by atoms with van der Waals surface area (Å²) in [7, 11) is 0. The van der Waals surface area contributed by atoms with Crippen LogP contribution in [0.1, 0.15) is 60.4 Å². The number of amides is 2. The molecule has 1 N–H and O–H groups in total. The Morgan fingerprint density at radius 2 is 1.72 bits per heavy atom. The number of benzene rings is 2. The Hall–Kier alpha value is -2.27. The van der Waals surface area contributed by atoms with Gasteiger partial charge in [0.1, 0.15) is 6.04 Å². The summed E-state index contributed by atoms with van der Waals surface area (Å²) in [5, 5.41) is 3.17. The number of carbonyl (C=O) groups excluding carboxylic acids is 2. The van der Waals surface area contributed by atoms with Crippen molar-refractivity contribution in [2.75, 3.05) is 5.75 Å². The number of carbonyl (C=O) groups is 2. The summed E-state index contributed by atoms with van der Waals surface area (Å²) in [5.41, 5.74) is 5.94. The topological polar surface area (TPSA) is 49.4 Å². The molecule has 2 aromatic carbocycles. The lowest BCUT2D eigenvalue weighted by Crippen LogP contribution is -2.50. The highest BCUT2D eigenvalue weighted by Crippen LogP contribution is 2.21. The lowest BCUT2D eigenvalue weighted by molar-refractivity contribution is -0.139. The summed E-state index contributed by atoms with van der Waals surface area (Å²) in [5.74, 6) is 1.12. The van der Waals surface area contributed by atoms with Crippen molar-refractivity contribution < 1.29 is 9.59 Å². The standard InChI is InChI=1S/C27H36N2O2S/c1-19-13-20(2)15-23(14-19)17-32-18-26(30)29(16-24-10-6-5-9-21(24)3)22(4)27(31)28-25-11-7-8-12-25/h5-6,9-10,13-15,22,25H,7-8,11-12,16-18H2,1-4H3,(H,28,31)/t22-/m0/s1. The zero-order valence-corrected chi connectivity index (χ0v) is 20.6. The zero-order chi connectivity index (χ0) is 23.1. The van der Waals surface area contributed by atoms with Crippen LogP contribution in [-0.4, -0.2) is 34.6 Å². The molecule has 0 aliphatic heterocycles. The van der Waals surface area contributed by atoms with Crippen LogP contribution in [0.15, 0.2) is 42.5 Å². The molecule has 4 nitrogen and oxygen atoms in total. The Bertz CT molecular complexity index is 917. The molecule has 172 valence electrons. The maximum absolute atomic E-state index is 13.3. The predicted molar refractivity (Wildman–Crippen MR) is 134 cm³/mol. The van der Waals surface area contributed by atoms with Crippen molar-refractivity contribution in [1.29, 1.82) is 0 Å². The molecule has 0 bridgehead atoms. The zero-order valence-electron chi connectivity index (χ0n) is 19.8. The van der Waals surface area contributed by atoms with E-state index in [-0.39, 0.29) is 17.9 Å². The van der Waals surface area contributed by atoms with E-state index in [2.05, 4.69) is 50.4 Å². The first-order valence-corrected chi connectivity index (χ1v) is 12.8. The van der Waals surface area contributed by atoms with Crippen molar-refractivity contribution >= 4 is 23.6 Å². The second-order valence-electron chi connectivity index (χ2n) is 9.10. The minimum atomic E-state index is -0.496. The molecule has 1 aliphatic rings. The van der Waals surface area contributed by atoms with Gasteiger partial charge in [0.05, 0.1) is 5.75 Å². The summed E-state index contributed by atoms with van der Waals surface area (Å²) >= 11 is 1.61. The van der Waals surface area contributed by atoms with Gasteiger partial charge in [-0.05, 0) is 57.2 Å². The van der Waals surface area contributed by atoms with Crippen molar-refractivity contribution in [1.82, 2.24) is 10.2 Å². The Morgan fingerprint density at radius 1 is 1.06 bits per heavy atom. The molecule has 2 amide bonds. The number of thioether (sulfide) groups is 1. The van der Waals surface area contributed by atoms with Gasteiger partial charge < -0.3 is 10.2 Å². The first-order valence-electron chi connectivity index (χ1n) is 11.6. The summed E-state index contributed by atoms with van der Waals surface area (Å²) in [6.45, 7) is 8.56. The molecule has 1 saturated carbocycles. The Morgan fingerprint density at radius 3 is 2.38 bits per heavy atom. The maximum Gasteiger partial charge on any atom is 0.242 e. The van der Waals surface area contributed by atoms with Crippen LogP contribution in [0.4, 0.5) is 0 Å². The third-order valence-electron chi connectivity index (χ3n) is 6.25. The van der Waals surface area contributed by atoms with Crippen LogP contribution in [0.5, 0.6) is 0 Å². The molecule has 0 spiro atoms. The van der Waals surface area contributed by atoms with Crippen LogP contribution < -0.4 is 5.32 Å². The van der Waals surface area contributed by atoms with Crippen LogP contribution in [-0.2, 0) is 21.9 Å². The molecule has 1 fully saturated rings. The number of rotatable bonds is 9. The lowest BCUT2D eigenvalue weighted by atomic mass is 10.1. The van der Waals surface area contributed by atoms with Gasteiger partial charge in [-0.25, -0.2) is 0 Å². The van der Waals surface area contributed by atoms with E-state index in [1.807, 2.05) is 25.1 Å². The third-order valence-corrected chi connectivity index (χ3v) is 7.24. The molecule has 0 saturated heterocycles. The SMILES string of the molecule is Cc1cc(C)cc(CSCC(=O)N(Cc2ccccc2C)[C@@H](C)C(=O)NC2CCCC2)c1. The molecule has 32 heavy (non-hydrogen) atoms. The highest BCUT2D eigenvalue weighted by molar-refractivity contribution is 7.99.